The van der Waals surface area contributed by atoms with Crippen LogP contribution in [0, 0.1) is 0 Å². The van der Waals surface area contributed by atoms with Crippen LogP contribution in [0.15, 0.2) is 24.3 Å². The summed E-state index contributed by atoms with van der Waals surface area (Å²) >= 11 is 0. The number of carboxylic acid groups (broad SMARTS) is 1. The first kappa shape index (κ1) is 42.4. The zero-order valence-electron chi connectivity index (χ0n) is 29.5. The first-order valence-electron chi connectivity index (χ1n) is 19.3. The van der Waals surface area contributed by atoms with Crippen LogP contribution < -0.4 is 0 Å². The number of allylic oxidation sites excluding steroid dienone is 4. The Morgan fingerprint density at radius 2 is 0.932 bits per heavy atom. The van der Waals surface area contributed by atoms with Gasteiger partial charge in [-0.15, -0.1) is 0 Å². The molecule has 0 bridgehead atoms. The van der Waals surface area contributed by atoms with Gasteiger partial charge in [0.1, 0.15) is 6.10 Å². The molecule has 0 heterocycles. The zero-order valence-corrected chi connectivity index (χ0v) is 29.5. The first-order chi connectivity index (χ1) is 21.6. The molecule has 0 amide bonds. The van der Waals surface area contributed by atoms with Crippen molar-refractivity contribution >= 4 is 11.9 Å². The van der Waals surface area contributed by atoms with Crippen molar-refractivity contribution in [3.63, 3.8) is 0 Å². The summed E-state index contributed by atoms with van der Waals surface area (Å²) in [6.45, 7) is 4.39. The average Bonchev–Trinajstić information content (AvgIpc) is 3.01. The van der Waals surface area contributed by atoms with Crippen LogP contribution in [0.1, 0.15) is 213 Å². The van der Waals surface area contributed by atoms with Gasteiger partial charge in [0, 0.05) is 12.8 Å². The minimum Gasteiger partial charge on any atom is -0.481 e. The van der Waals surface area contributed by atoms with E-state index in [1.54, 1.807) is 0 Å². The highest BCUT2D eigenvalue weighted by Gasteiger charge is 2.12. The van der Waals surface area contributed by atoms with Gasteiger partial charge in [-0.1, -0.05) is 160 Å². The van der Waals surface area contributed by atoms with Gasteiger partial charge < -0.3 is 9.84 Å². The molecule has 0 aliphatic heterocycles. The molecule has 0 radical (unpaired) electrons. The number of unbranched alkanes of at least 4 members (excludes halogenated alkanes) is 23. The van der Waals surface area contributed by atoms with Crippen molar-refractivity contribution in [2.24, 2.45) is 0 Å². The summed E-state index contributed by atoms with van der Waals surface area (Å²) in [5.74, 6) is -0.654. The van der Waals surface area contributed by atoms with Crippen molar-refractivity contribution in [3.8, 4) is 0 Å². The highest BCUT2D eigenvalue weighted by atomic mass is 16.5. The molecule has 0 aromatic heterocycles. The Morgan fingerprint density at radius 1 is 0.523 bits per heavy atom. The fourth-order valence-electron chi connectivity index (χ4n) is 5.80. The van der Waals surface area contributed by atoms with Gasteiger partial charge in [0.05, 0.1) is 0 Å². The average molecular weight is 619 g/mol. The molecule has 0 aliphatic rings. The Balaban J connectivity index is 3.44. The zero-order chi connectivity index (χ0) is 32.2. The van der Waals surface area contributed by atoms with E-state index in [-0.39, 0.29) is 12.1 Å². The normalized spacial score (nSPS) is 12.4. The van der Waals surface area contributed by atoms with Gasteiger partial charge in [0.15, 0.2) is 0 Å². The maximum atomic E-state index is 12.3. The lowest BCUT2D eigenvalue weighted by Crippen LogP contribution is -2.17. The molecule has 1 N–H and O–H groups in total. The summed E-state index contributed by atoms with van der Waals surface area (Å²) in [7, 11) is 0. The smallest absolute Gasteiger partial charge is 0.306 e. The predicted octanol–water partition coefficient (Wildman–Crippen LogP) is 13.2. The summed E-state index contributed by atoms with van der Waals surface area (Å²) < 4.78 is 5.78. The molecular weight excluding hydrogens is 544 g/mol. The number of aliphatic carboxylic acids is 1. The molecule has 0 aliphatic carbocycles. The Hall–Kier alpha value is -1.58. The summed E-state index contributed by atoms with van der Waals surface area (Å²) in [4.78, 5) is 22.8. The van der Waals surface area contributed by atoms with Crippen molar-refractivity contribution in [1.29, 1.82) is 0 Å². The second kappa shape index (κ2) is 35.9. The molecule has 4 nitrogen and oxygen atoms in total. The van der Waals surface area contributed by atoms with E-state index in [1.807, 2.05) is 0 Å². The highest BCUT2D eigenvalue weighted by molar-refractivity contribution is 5.69. The lowest BCUT2D eigenvalue weighted by molar-refractivity contribution is -0.149. The SMILES string of the molecule is CCCCC/C=C\C/C=C\CCCCCCCC(=O)OC(CC)CCCCCCCCCCCCCCCCCCC(=O)O. The Bertz CT molecular complexity index is 668. The van der Waals surface area contributed by atoms with Gasteiger partial charge >= 0.3 is 11.9 Å². The summed E-state index contributed by atoms with van der Waals surface area (Å²) in [6.07, 6.45) is 45.7. The summed E-state index contributed by atoms with van der Waals surface area (Å²) in [5.41, 5.74) is 0. The number of carbonyl (C=O) groups is 2. The van der Waals surface area contributed by atoms with E-state index in [2.05, 4.69) is 38.2 Å². The van der Waals surface area contributed by atoms with Crippen LogP contribution in [-0.2, 0) is 14.3 Å². The Morgan fingerprint density at radius 3 is 1.39 bits per heavy atom. The third-order valence-corrected chi connectivity index (χ3v) is 8.75. The van der Waals surface area contributed by atoms with Gasteiger partial charge in [-0.3, -0.25) is 9.59 Å². The molecular formula is C40H74O4. The highest BCUT2D eigenvalue weighted by Crippen LogP contribution is 2.17. The van der Waals surface area contributed by atoms with Crippen LogP contribution in [0.5, 0.6) is 0 Å². The van der Waals surface area contributed by atoms with Gasteiger partial charge in [0.25, 0.3) is 0 Å². The van der Waals surface area contributed by atoms with E-state index in [9.17, 15) is 9.59 Å². The maximum absolute atomic E-state index is 12.3. The molecule has 1 atom stereocenters. The number of carboxylic acids is 1. The van der Waals surface area contributed by atoms with Crippen molar-refractivity contribution in [2.45, 2.75) is 219 Å². The summed E-state index contributed by atoms with van der Waals surface area (Å²) in [5, 5.41) is 8.65. The number of hydrogen-bond donors (Lipinski definition) is 1. The molecule has 258 valence electrons. The Labute approximate surface area is 274 Å². The quantitative estimate of drug-likeness (QED) is 0.0436. The van der Waals surface area contributed by atoms with E-state index in [1.165, 1.54) is 141 Å². The minimum atomic E-state index is -0.664. The van der Waals surface area contributed by atoms with E-state index in [0.717, 1.165) is 44.9 Å². The molecule has 0 saturated carbocycles. The van der Waals surface area contributed by atoms with Crippen LogP contribution >= 0.6 is 0 Å². The van der Waals surface area contributed by atoms with Gasteiger partial charge in [-0.05, 0) is 64.2 Å². The molecule has 4 heteroatoms. The van der Waals surface area contributed by atoms with Crippen LogP contribution in [0.2, 0.25) is 0 Å². The van der Waals surface area contributed by atoms with Crippen molar-refractivity contribution in [3.05, 3.63) is 24.3 Å². The van der Waals surface area contributed by atoms with Crippen LogP contribution in [0.4, 0.5) is 0 Å². The van der Waals surface area contributed by atoms with E-state index >= 15 is 0 Å². The fraction of sp³-hybridized carbons (Fsp3) is 0.850. The van der Waals surface area contributed by atoms with Crippen molar-refractivity contribution in [1.82, 2.24) is 0 Å². The van der Waals surface area contributed by atoms with Crippen LogP contribution in [-0.4, -0.2) is 23.1 Å². The van der Waals surface area contributed by atoms with Crippen LogP contribution in [0.3, 0.4) is 0 Å². The number of hydrogen-bond acceptors (Lipinski definition) is 3. The second-order valence-electron chi connectivity index (χ2n) is 13.1. The lowest BCUT2D eigenvalue weighted by atomic mass is 10.0. The molecule has 0 saturated heterocycles. The topological polar surface area (TPSA) is 63.6 Å². The first-order valence-corrected chi connectivity index (χ1v) is 19.3. The standard InChI is InChI=1S/C40H74O4/c1-3-5-6-7-8-9-10-11-14-19-22-25-28-31-34-37-40(43)44-38(4-2)35-32-29-26-23-20-17-15-12-13-16-18-21-24-27-30-33-36-39(41)42/h8-9,11,14,38H,3-7,10,12-13,15-37H2,1-2H3,(H,41,42)/b9-8-,14-11-. The second-order valence-corrected chi connectivity index (χ2v) is 13.1. The largest absolute Gasteiger partial charge is 0.481 e. The third kappa shape index (κ3) is 34.9. The molecule has 0 aromatic rings. The van der Waals surface area contributed by atoms with E-state index in [4.69, 9.17) is 9.84 Å². The minimum absolute atomic E-state index is 0.00974. The molecule has 1 unspecified atom stereocenters. The number of rotatable bonds is 35. The molecule has 0 fully saturated rings. The molecule has 0 spiro atoms. The Kier molecular flexibility index (Phi) is 34.6. The van der Waals surface area contributed by atoms with Crippen LogP contribution in [0.25, 0.3) is 0 Å². The lowest BCUT2D eigenvalue weighted by Gasteiger charge is -2.16. The molecule has 0 aromatic carbocycles. The van der Waals surface area contributed by atoms with Gasteiger partial charge in [0.2, 0.25) is 0 Å². The predicted molar refractivity (Wildman–Crippen MR) is 190 cm³/mol. The van der Waals surface area contributed by atoms with Gasteiger partial charge in [-0.2, -0.15) is 0 Å². The van der Waals surface area contributed by atoms with Crippen molar-refractivity contribution < 1.29 is 19.4 Å². The number of ether oxygens (including phenoxy) is 1. The summed E-state index contributed by atoms with van der Waals surface area (Å²) in [6, 6.07) is 0. The molecule has 44 heavy (non-hydrogen) atoms. The maximum Gasteiger partial charge on any atom is 0.306 e. The fourth-order valence-corrected chi connectivity index (χ4v) is 5.80. The van der Waals surface area contributed by atoms with Crippen molar-refractivity contribution in [2.75, 3.05) is 0 Å². The monoisotopic (exact) mass is 619 g/mol. The van der Waals surface area contributed by atoms with E-state index in [0.29, 0.717) is 12.8 Å². The molecule has 0 rings (SSSR count). The number of esters is 1. The number of carbonyl (C=O) groups excluding carboxylic acids is 1. The van der Waals surface area contributed by atoms with E-state index < -0.39 is 5.97 Å². The van der Waals surface area contributed by atoms with Gasteiger partial charge in [-0.25, -0.2) is 0 Å². The third-order valence-electron chi connectivity index (χ3n) is 8.75.